The molecule has 0 aromatic heterocycles. The molecule has 94 valence electrons. The summed E-state index contributed by atoms with van der Waals surface area (Å²) >= 11 is 0. The third-order valence-electron chi connectivity index (χ3n) is 3.67. The predicted octanol–water partition coefficient (Wildman–Crippen LogP) is 0.132. The Bertz CT molecular complexity index is 344. The second kappa shape index (κ2) is 7.47. The smallest absolute Gasteiger partial charge is 0.202 e. The maximum absolute atomic E-state index is 9.44. The van der Waals surface area contributed by atoms with Crippen molar-refractivity contribution >= 4 is 0 Å². The van der Waals surface area contributed by atoms with E-state index in [0.29, 0.717) is 0 Å². The topological polar surface area (TPSA) is 23.8 Å². The largest absolute Gasteiger partial charge is 1.00 e. The molecule has 3 heteroatoms. The minimum atomic E-state index is -0.0406. The predicted molar refractivity (Wildman–Crippen MR) is 66.7 cm³/mol. The lowest BCUT2D eigenvalue weighted by Crippen LogP contribution is -3.00. The Morgan fingerprint density at radius 2 is 1.53 bits per heavy atom. The Morgan fingerprint density at radius 3 is 1.88 bits per heavy atom. The van der Waals surface area contributed by atoms with E-state index in [2.05, 4.69) is 39.0 Å². The summed E-state index contributed by atoms with van der Waals surface area (Å²) < 4.78 is 0.848. The van der Waals surface area contributed by atoms with Crippen LogP contribution in [-0.2, 0) is 0 Å². The molecule has 0 aliphatic rings. The summed E-state index contributed by atoms with van der Waals surface area (Å²) in [5, 5.41) is 9.44. The number of nitrogens with zero attached hydrogens (tertiary/aromatic N) is 2. The van der Waals surface area contributed by atoms with Gasteiger partial charge in [-0.2, -0.15) is 5.26 Å². The van der Waals surface area contributed by atoms with Crippen molar-refractivity contribution in [2.45, 2.75) is 26.8 Å². The Labute approximate surface area is 115 Å². The average molecular weight is 297 g/mol. The van der Waals surface area contributed by atoms with Crippen LogP contribution in [0.5, 0.6) is 0 Å². The Kier molecular flexibility index (Phi) is 7.10. The highest BCUT2D eigenvalue weighted by molar-refractivity contribution is 5.22. The molecule has 0 spiro atoms. The lowest BCUT2D eigenvalue weighted by molar-refractivity contribution is -0.944. The first-order valence-corrected chi connectivity index (χ1v) is 6.04. The van der Waals surface area contributed by atoms with E-state index in [1.54, 1.807) is 0 Å². The molecule has 0 amide bonds. The van der Waals surface area contributed by atoms with Crippen LogP contribution in [0, 0.1) is 11.3 Å². The monoisotopic (exact) mass is 296 g/mol. The summed E-state index contributed by atoms with van der Waals surface area (Å²) in [6, 6.07) is 12.6. The Hall–Kier alpha value is -0.850. The number of halogens is 1. The second-order valence-corrected chi connectivity index (χ2v) is 4.11. The average Bonchev–Trinajstić information content (AvgIpc) is 2.37. The van der Waals surface area contributed by atoms with Gasteiger partial charge in [-0.3, -0.25) is 0 Å². The number of nitriles is 1. The highest BCUT2D eigenvalue weighted by Gasteiger charge is 2.33. The van der Waals surface area contributed by atoms with E-state index in [4.69, 9.17) is 0 Å². The SMILES string of the molecule is CC[N+](CC)(CC)C(C#N)c1ccccc1.[Br-]. The molecule has 1 aromatic rings. The van der Waals surface area contributed by atoms with Crippen LogP contribution in [0.15, 0.2) is 30.3 Å². The van der Waals surface area contributed by atoms with Crippen molar-refractivity contribution < 1.29 is 21.5 Å². The molecule has 0 aliphatic heterocycles. The third-order valence-corrected chi connectivity index (χ3v) is 3.67. The number of rotatable bonds is 5. The standard InChI is InChI=1S/C14H21N2.BrH/c1-4-16(5-2,6-3)14(12-15)13-10-8-7-9-11-13;/h7-11,14H,4-6H2,1-3H3;1H/q+1;/p-1. The molecule has 0 radical (unpaired) electrons. The van der Waals surface area contributed by atoms with E-state index in [9.17, 15) is 5.26 Å². The minimum Gasteiger partial charge on any atom is -1.00 e. The van der Waals surface area contributed by atoms with Gasteiger partial charge in [0.25, 0.3) is 0 Å². The molecule has 0 bridgehead atoms. The molecule has 0 N–H and O–H groups in total. The summed E-state index contributed by atoms with van der Waals surface area (Å²) in [6.07, 6.45) is 0. The van der Waals surface area contributed by atoms with Gasteiger partial charge in [0.1, 0.15) is 6.07 Å². The molecule has 0 saturated heterocycles. The lowest BCUT2D eigenvalue weighted by Gasteiger charge is -2.39. The molecule has 1 atom stereocenters. The first kappa shape index (κ1) is 16.1. The molecular formula is C14H21BrN2. The molecule has 1 rings (SSSR count). The fourth-order valence-corrected chi connectivity index (χ4v) is 2.37. The summed E-state index contributed by atoms with van der Waals surface area (Å²) in [5.41, 5.74) is 1.13. The van der Waals surface area contributed by atoms with E-state index in [1.807, 2.05) is 18.2 Å². The maximum Gasteiger partial charge on any atom is 0.202 e. The number of hydrogen-bond donors (Lipinski definition) is 0. The third kappa shape index (κ3) is 3.31. The molecule has 0 fully saturated rings. The summed E-state index contributed by atoms with van der Waals surface area (Å²) in [4.78, 5) is 0. The van der Waals surface area contributed by atoms with E-state index in [0.717, 1.165) is 29.7 Å². The van der Waals surface area contributed by atoms with E-state index in [-0.39, 0.29) is 23.0 Å². The van der Waals surface area contributed by atoms with Crippen molar-refractivity contribution in [3.05, 3.63) is 35.9 Å². The van der Waals surface area contributed by atoms with Gasteiger partial charge < -0.3 is 21.5 Å². The Balaban J connectivity index is 0.00000256. The van der Waals surface area contributed by atoms with Gasteiger partial charge in [-0.25, -0.2) is 0 Å². The van der Waals surface area contributed by atoms with Crippen molar-refractivity contribution in [1.29, 1.82) is 5.26 Å². The van der Waals surface area contributed by atoms with Crippen LogP contribution in [0.3, 0.4) is 0 Å². The summed E-state index contributed by atoms with van der Waals surface area (Å²) in [6.45, 7) is 9.50. The number of benzene rings is 1. The molecule has 1 aromatic carbocycles. The van der Waals surface area contributed by atoms with Crippen LogP contribution in [-0.4, -0.2) is 24.1 Å². The fourth-order valence-electron chi connectivity index (χ4n) is 2.37. The van der Waals surface area contributed by atoms with Crippen molar-refractivity contribution in [3.63, 3.8) is 0 Å². The quantitative estimate of drug-likeness (QED) is 0.709. The van der Waals surface area contributed by atoms with Gasteiger partial charge in [-0.15, -0.1) is 0 Å². The van der Waals surface area contributed by atoms with Crippen molar-refractivity contribution in [3.8, 4) is 6.07 Å². The van der Waals surface area contributed by atoms with Gasteiger partial charge >= 0.3 is 0 Å². The number of quaternary nitrogens is 1. The van der Waals surface area contributed by atoms with Crippen molar-refractivity contribution in [1.82, 2.24) is 0 Å². The van der Waals surface area contributed by atoms with Gasteiger partial charge in [-0.1, -0.05) is 30.3 Å². The zero-order chi connectivity index (χ0) is 12.0. The zero-order valence-electron chi connectivity index (χ0n) is 10.9. The van der Waals surface area contributed by atoms with Gasteiger partial charge in [0, 0.05) is 5.56 Å². The zero-order valence-corrected chi connectivity index (χ0v) is 12.4. The highest BCUT2D eigenvalue weighted by atomic mass is 79.9. The molecule has 0 heterocycles. The van der Waals surface area contributed by atoms with Crippen LogP contribution in [0.25, 0.3) is 0 Å². The van der Waals surface area contributed by atoms with Crippen LogP contribution in [0.4, 0.5) is 0 Å². The van der Waals surface area contributed by atoms with E-state index >= 15 is 0 Å². The van der Waals surface area contributed by atoms with Crippen LogP contribution in [0.2, 0.25) is 0 Å². The van der Waals surface area contributed by atoms with Gasteiger partial charge in [0.2, 0.25) is 6.04 Å². The molecular weight excluding hydrogens is 276 g/mol. The molecule has 1 unspecified atom stereocenters. The summed E-state index contributed by atoms with van der Waals surface area (Å²) in [5.74, 6) is 0. The normalized spacial score (nSPS) is 12.4. The molecule has 0 aliphatic carbocycles. The molecule has 0 saturated carbocycles. The van der Waals surface area contributed by atoms with Crippen LogP contribution < -0.4 is 17.0 Å². The minimum absolute atomic E-state index is 0. The van der Waals surface area contributed by atoms with Gasteiger partial charge in [0.15, 0.2) is 0 Å². The maximum atomic E-state index is 9.44. The van der Waals surface area contributed by atoms with Crippen molar-refractivity contribution in [2.24, 2.45) is 0 Å². The fraction of sp³-hybridized carbons (Fsp3) is 0.500. The van der Waals surface area contributed by atoms with Crippen LogP contribution >= 0.6 is 0 Å². The van der Waals surface area contributed by atoms with Crippen molar-refractivity contribution in [2.75, 3.05) is 19.6 Å². The van der Waals surface area contributed by atoms with E-state index in [1.165, 1.54) is 0 Å². The van der Waals surface area contributed by atoms with Gasteiger partial charge in [0.05, 0.1) is 19.6 Å². The molecule has 17 heavy (non-hydrogen) atoms. The lowest BCUT2D eigenvalue weighted by atomic mass is 10.0. The first-order valence-electron chi connectivity index (χ1n) is 6.04. The summed E-state index contributed by atoms with van der Waals surface area (Å²) in [7, 11) is 0. The van der Waals surface area contributed by atoms with Crippen LogP contribution in [0.1, 0.15) is 32.4 Å². The first-order chi connectivity index (χ1) is 7.74. The van der Waals surface area contributed by atoms with E-state index < -0.39 is 0 Å². The second-order valence-electron chi connectivity index (χ2n) is 4.11. The Morgan fingerprint density at radius 1 is 1.06 bits per heavy atom. The number of hydrogen-bond acceptors (Lipinski definition) is 1. The van der Waals surface area contributed by atoms with Gasteiger partial charge in [-0.05, 0) is 20.8 Å². The molecule has 2 nitrogen and oxygen atoms in total. The highest BCUT2D eigenvalue weighted by Crippen LogP contribution is 2.27.